The zero-order chi connectivity index (χ0) is 14.8. The summed E-state index contributed by atoms with van der Waals surface area (Å²) >= 11 is 0. The van der Waals surface area contributed by atoms with E-state index < -0.39 is 10.1 Å². The van der Waals surface area contributed by atoms with Gasteiger partial charge in [0.1, 0.15) is 4.90 Å². The molecule has 0 unspecified atom stereocenters. The van der Waals surface area contributed by atoms with E-state index in [2.05, 4.69) is 0 Å². The summed E-state index contributed by atoms with van der Waals surface area (Å²) in [6.07, 6.45) is -0.381. The van der Waals surface area contributed by atoms with E-state index in [4.69, 9.17) is 4.18 Å². The molecule has 6 heteroatoms. The van der Waals surface area contributed by atoms with Crippen molar-refractivity contribution in [2.24, 2.45) is 0 Å². The molecule has 108 valence electrons. The first-order valence-corrected chi connectivity index (χ1v) is 7.48. The average Bonchev–Trinajstić information content (AvgIpc) is 2.26. The smallest absolute Gasteiger partial charge is 0.299 e. The zero-order valence-electron chi connectivity index (χ0n) is 12.3. The minimum absolute atomic E-state index is 0.191. The summed E-state index contributed by atoms with van der Waals surface area (Å²) in [5.41, 5.74) is 1.55. The molecule has 1 aromatic rings. The highest BCUT2D eigenvalue weighted by Crippen LogP contribution is 2.30. The Morgan fingerprint density at radius 3 is 2.05 bits per heavy atom. The third-order valence-corrected chi connectivity index (χ3v) is 4.05. The maximum Gasteiger partial charge on any atom is 0.299 e. The molecule has 0 spiro atoms. The third kappa shape index (κ3) is 3.84. The van der Waals surface area contributed by atoms with Gasteiger partial charge in [-0.3, -0.25) is 4.18 Å². The largest absolute Gasteiger partial charge is 0.378 e. The van der Waals surface area contributed by atoms with Gasteiger partial charge in [0.15, 0.2) is 0 Å². The van der Waals surface area contributed by atoms with E-state index in [0.717, 1.165) is 5.69 Å². The Hall–Kier alpha value is -1.27. The number of benzene rings is 1. The van der Waals surface area contributed by atoms with Gasteiger partial charge in [0.25, 0.3) is 10.1 Å². The molecule has 0 radical (unpaired) electrons. The van der Waals surface area contributed by atoms with Crippen molar-refractivity contribution >= 4 is 21.5 Å². The maximum atomic E-state index is 12.2. The van der Waals surface area contributed by atoms with Crippen LogP contribution in [0.5, 0.6) is 0 Å². The van der Waals surface area contributed by atoms with Crippen LogP contribution >= 0.6 is 0 Å². The quantitative estimate of drug-likeness (QED) is 0.774. The van der Waals surface area contributed by atoms with Crippen molar-refractivity contribution in [3.05, 3.63) is 18.2 Å². The van der Waals surface area contributed by atoms with Crippen molar-refractivity contribution in [1.82, 2.24) is 0 Å². The topological polar surface area (TPSA) is 49.9 Å². The van der Waals surface area contributed by atoms with Gasteiger partial charge in [-0.25, -0.2) is 0 Å². The van der Waals surface area contributed by atoms with Crippen molar-refractivity contribution < 1.29 is 12.6 Å². The third-order valence-electron chi connectivity index (χ3n) is 2.53. The van der Waals surface area contributed by atoms with Crippen LogP contribution in [-0.2, 0) is 14.3 Å². The number of nitrogens with zero attached hydrogens (tertiary/aromatic N) is 2. The highest BCUT2D eigenvalue weighted by molar-refractivity contribution is 7.87. The number of anilines is 2. The average molecular weight is 286 g/mol. The second-order valence-electron chi connectivity index (χ2n) is 5.04. The molecule has 0 aliphatic heterocycles. The normalized spacial score (nSPS) is 11.7. The summed E-state index contributed by atoms with van der Waals surface area (Å²) in [6.45, 7) is 3.39. The van der Waals surface area contributed by atoms with Crippen molar-refractivity contribution in [2.45, 2.75) is 24.8 Å². The summed E-state index contributed by atoms with van der Waals surface area (Å²) < 4.78 is 29.4. The van der Waals surface area contributed by atoms with Crippen LogP contribution in [0.25, 0.3) is 0 Å². The van der Waals surface area contributed by atoms with Gasteiger partial charge in [0.05, 0.1) is 11.8 Å². The standard InChI is InChI=1S/C13H22N2O3S/c1-10(2)18-19(16,17)13-8-7-11(14(3)4)9-12(13)15(5)6/h7-10H,1-6H3. The van der Waals surface area contributed by atoms with Crippen LogP contribution < -0.4 is 9.80 Å². The molecule has 0 heterocycles. The van der Waals surface area contributed by atoms with Crippen molar-refractivity contribution in [1.29, 1.82) is 0 Å². The second-order valence-corrected chi connectivity index (χ2v) is 6.58. The molecule has 1 rings (SSSR count). The number of hydrogen-bond acceptors (Lipinski definition) is 5. The molecule has 5 nitrogen and oxygen atoms in total. The Morgan fingerprint density at radius 2 is 1.63 bits per heavy atom. The summed E-state index contributed by atoms with van der Waals surface area (Å²) in [4.78, 5) is 3.88. The van der Waals surface area contributed by atoms with E-state index in [1.165, 1.54) is 0 Å². The molecular weight excluding hydrogens is 264 g/mol. The molecule has 0 bridgehead atoms. The van der Waals surface area contributed by atoms with E-state index in [-0.39, 0.29) is 11.0 Å². The summed E-state index contributed by atoms with van der Waals surface area (Å²) in [5.74, 6) is 0. The summed E-state index contributed by atoms with van der Waals surface area (Å²) in [5, 5.41) is 0. The van der Waals surface area contributed by atoms with Gasteiger partial charge < -0.3 is 9.80 Å². The van der Waals surface area contributed by atoms with Gasteiger partial charge in [-0.2, -0.15) is 8.42 Å². The van der Waals surface area contributed by atoms with E-state index in [1.54, 1.807) is 30.9 Å². The van der Waals surface area contributed by atoms with Crippen molar-refractivity contribution in [3.8, 4) is 0 Å². The number of hydrogen-bond donors (Lipinski definition) is 0. The Bertz CT molecular complexity index is 537. The van der Waals surface area contributed by atoms with Gasteiger partial charge in [-0.1, -0.05) is 0 Å². The molecule has 1 aromatic carbocycles. The SMILES string of the molecule is CC(C)OS(=O)(=O)c1ccc(N(C)C)cc1N(C)C. The van der Waals surface area contributed by atoms with E-state index in [9.17, 15) is 8.42 Å². The molecule has 0 amide bonds. The van der Waals surface area contributed by atoms with Gasteiger partial charge >= 0.3 is 0 Å². The van der Waals surface area contributed by atoms with E-state index in [1.807, 2.05) is 39.2 Å². The van der Waals surface area contributed by atoms with Gasteiger partial charge in [-0.05, 0) is 32.0 Å². The van der Waals surface area contributed by atoms with Gasteiger partial charge in [-0.15, -0.1) is 0 Å². The lowest BCUT2D eigenvalue weighted by Crippen LogP contribution is -2.19. The Kier molecular flexibility index (Phi) is 4.81. The van der Waals surface area contributed by atoms with Crippen LogP contribution in [0.3, 0.4) is 0 Å². The molecule has 19 heavy (non-hydrogen) atoms. The molecule has 0 aliphatic carbocycles. The van der Waals surface area contributed by atoms with Gasteiger partial charge in [0, 0.05) is 33.9 Å². The molecule has 0 atom stereocenters. The van der Waals surface area contributed by atoms with E-state index >= 15 is 0 Å². The second kappa shape index (κ2) is 5.79. The fraction of sp³-hybridized carbons (Fsp3) is 0.538. The first-order chi connectivity index (χ1) is 8.65. The predicted octanol–water partition coefficient (Wildman–Crippen LogP) is 1.93. The van der Waals surface area contributed by atoms with Gasteiger partial charge in [0.2, 0.25) is 0 Å². The van der Waals surface area contributed by atoms with Crippen molar-refractivity contribution in [3.63, 3.8) is 0 Å². The van der Waals surface area contributed by atoms with Crippen LogP contribution in [0.15, 0.2) is 23.1 Å². The molecule has 0 aliphatic rings. The lowest BCUT2D eigenvalue weighted by molar-refractivity contribution is 0.249. The maximum absolute atomic E-state index is 12.2. The highest BCUT2D eigenvalue weighted by atomic mass is 32.2. The number of rotatable bonds is 5. The fourth-order valence-corrected chi connectivity index (χ4v) is 2.99. The minimum Gasteiger partial charge on any atom is -0.378 e. The van der Waals surface area contributed by atoms with Crippen LogP contribution in [-0.4, -0.2) is 42.7 Å². The van der Waals surface area contributed by atoms with E-state index in [0.29, 0.717) is 5.69 Å². The first-order valence-electron chi connectivity index (χ1n) is 6.07. The molecule has 0 fully saturated rings. The van der Waals surface area contributed by atoms with Crippen LogP contribution in [0, 0.1) is 0 Å². The molecule has 0 saturated heterocycles. The van der Waals surface area contributed by atoms with Crippen LogP contribution in [0.2, 0.25) is 0 Å². The predicted molar refractivity (Wildman–Crippen MR) is 78.5 cm³/mol. The molecule has 0 saturated carbocycles. The Morgan fingerprint density at radius 1 is 1.05 bits per heavy atom. The lowest BCUT2D eigenvalue weighted by atomic mass is 10.2. The Balaban J connectivity index is 3.36. The summed E-state index contributed by atoms with van der Waals surface area (Å²) in [7, 11) is 3.70. The Labute approximate surface area is 115 Å². The fourth-order valence-electron chi connectivity index (χ4n) is 1.65. The molecular formula is C13H22N2O3S. The van der Waals surface area contributed by atoms with Crippen molar-refractivity contribution in [2.75, 3.05) is 38.0 Å². The zero-order valence-corrected chi connectivity index (χ0v) is 13.2. The monoisotopic (exact) mass is 286 g/mol. The minimum atomic E-state index is -3.74. The lowest BCUT2D eigenvalue weighted by Gasteiger charge is -2.21. The molecule has 0 aromatic heterocycles. The first kappa shape index (κ1) is 15.8. The molecule has 0 N–H and O–H groups in total. The summed E-state index contributed by atoms with van der Waals surface area (Å²) in [6, 6.07) is 5.18. The highest BCUT2D eigenvalue weighted by Gasteiger charge is 2.22. The van der Waals surface area contributed by atoms with Crippen LogP contribution in [0.4, 0.5) is 11.4 Å². The van der Waals surface area contributed by atoms with Crippen LogP contribution in [0.1, 0.15) is 13.8 Å².